The highest BCUT2D eigenvalue weighted by Gasteiger charge is 2.33. The van der Waals surface area contributed by atoms with Gasteiger partial charge in [-0.1, -0.05) is 60.7 Å². The van der Waals surface area contributed by atoms with Gasteiger partial charge >= 0.3 is 0 Å². The first-order valence-electron chi connectivity index (χ1n) is 12.3. The maximum Gasteiger partial charge on any atom is 0.236 e. The Morgan fingerprint density at radius 1 is 0.800 bits per heavy atom. The minimum absolute atomic E-state index is 0.0817. The Labute approximate surface area is 208 Å². The van der Waals surface area contributed by atoms with E-state index in [9.17, 15) is 18.0 Å². The van der Waals surface area contributed by atoms with Gasteiger partial charge in [0.15, 0.2) is 0 Å². The lowest BCUT2D eigenvalue weighted by Gasteiger charge is -2.38. The molecule has 0 aromatic heterocycles. The van der Waals surface area contributed by atoms with Gasteiger partial charge in [-0.2, -0.15) is 4.31 Å². The molecule has 0 bridgehead atoms. The Kier molecular flexibility index (Phi) is 8.36. The number of hydrogen-bond acceptors (Lipinski definition) is 4. The summed E-state index contributed by atoms with van der Waals surface area (Å²) >= 11 is 0. The zero-order valence-corrected chi connectivity index (χ0v) is 20.8. The number of benzene rings is 2. The van der Waals surface area contributed by atoms with Gasteiger partial charge in [0.1, 0.15) is 0 Å². The molecule has 0 N–H and O–H groups in total. The number of nitrogens with zero attached hydrogens (tertiary/aromatic N) is 3. The van der Waals surface area contributed by atoms with E-state index in [1.165, 1.54) is 9.71 Å². The molecule has 2 aliphatic rings. The molecule has 2 aromatic carbocycles. The Bertz CT molecular complexity index is 1120. The van der Waals surface area contributed by atoms with Crippen molar-refractivity contribution in [1.29, 1.82) is 0 Å². The molecule has 2 aliphatic heterocycles. The summed E-state index contributed by atoms with van der Waals surface area (Å²) < 4.78 is 26.8. The van der Waals surface area contributed by atoms with Crippen LogP contribution in [0.3, 0.4) is 0 Å². The minimum Gasteiger partial charge on any atom is -0.343 e. The van der Waals surface area contributed by atoms with E-state index in [1.54, 1.807) is 11.0 Å². The van der Waals surface area contributed by atoms with Crippen LogP contribution in [0, 0.1) is 5.92 Å². The number of hydrogen-bond donors (Lipinski definition) is 0. The molecule has 2 amide bonds. The number of sulfonamides is 1. The second kappa shape index (κ2) is 11.6. The van der Waals surface area contributed by atoms with Crippen molar-refractivity contribution < 1.29 is 18.0 Å². The van der Waals surface area contributed by atoms with Crippen LogP contribution in [0.25, 0.3) is 6.08 Å². The Hall–Kier alpha value is -2.97. The lowest BCUT2D eigenvalue weighted by molar-refractivity contribution is -0.141. The maximum absolute atomic E-state index is 13.0. The van der Waals surface area contributed by atoms with Crippen molar-refractivity contribution >= 4 is 27.9 Å². The van der Waals surface area contributed by atoms with Crippen molar-refractivity contribution in [3.63, 3.8) is 0 Å². The standard InChI is InChI=1S/C27H33N3O4S/c31-26(12-11-23-7-3-1-4-8-23)28-16-13-25(14-17-28)27(32)29-18-20-30(21-19-29)35(33,34)22-15-24-9-5-2-6-10-24/h1-10,15,22,25H,11-14,16-21H2/b22-15+. The van der Waals surface area contributed by atoms with Gasteiger partial charge in [0.2, 0.25) is 21.8 Å². The molecule has 2 fully saturated rings. The Morgan fingerprint density at radius 3 is 2.03 bits per heavy atom. The average molecular weight is 496 g/mol. The summed E-state index contributed by atoms with van der Waals surface area (Å²) in [5.41, 5.74) is 1.98. The molecular weight excluding hydrogens is 462 g/mol. The fraction of sp³-hybridized carbons (Fsp3) is 0.407. The molecule has 2 heterocycles. The predicted octanol–water partition coefficient (Wildman–Crippen LogP) is 3.00. The van der Waals surface area contributed by atoms with Crippen molar-refractivity contribution in [1.82, 2.24) is 14.1 Å². The van der Waals surface area contributed by atoms with Gasteiger partial charge in [-0.3, -0.25) is 9.59 Å². The third-order valence-electron chi connectivity index (χ3n) is 6.81. The molecule has 7 nitrogen and oxygen atoms in total. The topological polar surface area (TPSA) is 78.0 Å². The number of likely N-dealkylation sites (tertiary alicyclic amines) is 1. The van der Waals surface area contributed by atoms with Gasteiger partial charge in [-0.25, -0.2) is 8.42 Å². The van der Waals surface area contributed by atoms with Crippen LogP contribution in [0.1, 0.15) is 30.4 Å². The second-order valence-corrected chi connectivity index (χ2v) is 10.9. The summed E-state index contributed by atoms with van der Waals surface area (Å²) in [6.45, 7) is 2.58. The molecule has 8 heteroatoms. The highest BCUT2D eigenvalue weighted by atomic mass is 32.2. The van der Waals surface area contributed by atoms with Crippen LogP contribution >= 0.6 is 0 Å². The van der Waals surface area contributed by atoms with Crippen molar-refractivity contribution in [2.75, 3.05) is 39.3 Å². The molecule has 0 aliphatic carbocycles. The van der Waals surface area contributed by atoms with Gasteiger partial charge in [0, 0.05) is 57.0 Å². The molecule has 0 radical (unpaired) electrons. The number of piperidine rings is 1. The van der Waals surface area contributed by atoms with Gasteiger partial charge < -0.3 is 9.80 Å². The van der Waals surface area contributed by atoms with E-state index < -0.39 is 10.0 Å². The molecule has 2 aromatic rings. The first kappa shape index (κ1) is 25.1. The summed E-state index contributed by atoms with van der Waals surface area (Å²) in [5.74, 6) is 0.120. The first-order valence-corrected chi connectivity index (χ1v) is 13.8. The number of carbonyl (C=O) groups excluding carboxylic acids is 2. The van der Waals surface area contributed by atoms with Crippen molar-refractivity contribution in [2.45, 2.75) is 25.7 Å². The van der Waals surface area contributed by atoms with E-state index in [-0.39, 0.29) is 17.7 Å². The summed E-state index contributed by atoms with van der Waals surface area (Å²) in [6.07, 6.45) is 4.13. The first-order chi connectivity index (χ1) is 16.9. The third-order valence-corrected chi connectivity index (χ3v) is 8.37. The van der Waals surface area contributed by atoms with Crippen LogP contribution in [0.5, 0.6) is 0 Å². The van der Waals surface area contributed by atoms with Gasteiger partial charge in [0.05, 0.1) is 0 Å². The molecule has 186 valence electrons. The zero-order valence-electron chi connectivity index (χ0n) is 20.0. The number of piperazine rings is 1. The predicted molar refractivity (Wildman–Crippen MR) is 137 cm³/mol. The lowest BCUT2D eigenvalue weighted by atomic mass is 9.94. The highest BCUT2D eigenvalue weighted by molar-refractivity contribution is 7.92. The van der Waals surface area contributed by atoms with Gasteiger partial charge in [-0.05, 0) is 36.5 Å². The average Bonchev–Trinajstić information content (AvgIpc) is 2.91. The van der Waals surface area contributed by atoms with Gasteiger partial charge in [-0.15, -0.1) is 0 Å². The monoisotopic (exact) mass is 495 g/mol. The van der Waals surface area contributed by atoms with Gasteiger partial charge in [0.25, 0.3) is 0 Å². The Morgan fingerprint density at radius 2 is 1.40 bits per heavy atom. The van der Waals surface area contributed by atoms with E-state index in [2.05, 4.69) is 0 Å². The summed E-state index contributed by atoms with van der Waals surface area (Å²) in [7, 11) is -3.53. The number of amides is 2. The zero-order chi connectivity index (χ0) is 24.7. The fourth-order valence-corrected chi connectivity index (χ4v) is 5.84. The number of rotatable bonds is 7. The van der Waals surface area contributed by atoms with Crippen LogP contribution in [-0.2, 0) is 26.0 Å². The van der Waals surface area contributed by atoms with Crippen molar-refractivity contribution in [3.05, 3.63) is 77.2 Å². The molecule has 0 saturated carbocycles. The van der Waals surface area contributed by atoms with Crippen LogP contribution in [0.15, 0.2) is 66.1 Å². The summed E-state index contributed by atoms with van der Waals surface area (Å²) in [4.78, 5) is 29.3. The third kappa shape index (κ3) is 6.80. The minimum atomic E-state index is -3.53. The second-order valence-electron chi connectivity index (χ2n) is 9.12. The molecule has 0 atom stereocenters. The molecule has 2 saturated heterocycles. The van der Waals surface area contributed by atoms with Crippen LogP contribution in [0.2, 0.25) is 0 Å². The van der Waals surface area contributed by atoms with Crippen LogP contribution in [0.4, 0.5) is 0 Å². The van der Waals surface area contributed by atoms with E-state index in [4.69, 9.17) is 0 Å². The molecule has 0 spiro atoms. The van der Waals surface area contributed by atoms with Crippen molar-refractivity contribution in [3.8, 4) is 0 Å². The summed E-state index contributed by atoms with van der Waals surface area (Å²) in [6, 6.07) is 19.3. The highest BCUT2D eigenvalue weighted by Crippen LogP contribution is 2.22. The quantitative estimate of drug-likeness (QED) is 0.592. The van der Waals surface area contributed by atoms with Crippen LogP contribution < -0.4 is 0 Å². The lowest BCUT2D eigenvalue weighted by Crippen LogP contribution is -2.52. The largest absolute Gasteiger partial charge is 0.343 e. The van der Waals surface area contributed by atoms with Crippen LogP contribution in [-0.4, -0.2) is 73.6 Å². The molecular formula is C27H33N3O4S. The molecule has 4 rings (SSSR count). The van der Waals surface area contributed by atoms with E-state index >= 15 is 0 Å². The number of carbonyl (C=O) groups is 2. The fourth-order valence-electron chi connectivity index (χ4n) is 4.67. The van der Waals surface area contributed by atoms with Crippen molar-refractivity contribution in [2.24, 2.45) is 5.92 Å². The SMILES string of the molecule is O=C(CCc1ccccc1)N1CCC(C(=O)N2CCN(S(=O)(=O)/C=C/c3ccccc3)CC2)CC1. The van der Waals surface area contributed by atoms with E-state index in [0.717, 1.165) is 17.5 Å². The molecule has 0 unspecified atom stereocenters. The van der Waals surface area contributed by atoms with E-state index in [1.807, 2.05) is 65.6 Å². The van der Waals surface area contributed by atoms with E-state index in [0.29, 0.717) is 58.5 Å². The maximum atomic E-state index is 13.0. The number of aryl methyl sites for hydroxylation is 1. The molecule has 35 heavy (non-hydrogen) atoms. The normalized spacial score (nSPS) is 18.2. The Balaban J connectivity index is 1.21. The smallest absolute Gasteiger partial charge is 0.236 e. The summed E-state index contributed by atoms with van der Waals surface area (Å²) in [5, 5.41) is 1.24.